The van der Waals surface area contributed by atoms with Crippen LogP contribution in [-0.2, 0) is 21.7 Å². The Morgan fingerprint density at radius 2 is 1.93 bits per heavy atom. The summed E-state index contributed by atoms with van der Waals surface area (Å²) < 4.78 is 7.89. The molecule has 0 saturated carbocycles. The summed E-state index contributed by atoms with van der Waals surface area (Å²) >= 11 is 19.8. The molecule has 0 N–H and O–H groups in total. The van der Waals surface area contributed by atoms with Gasteiger partial charge in [-0.3, -0.25) is 4.79 Å². The molecular formula is C19H14Cl3N3O2S. The third-order valence-corrected chi connectivity index (χ3v) is 6.60. The van der Waals surface area contributed by atoms with E-state index in [1.165, 1.54) is 13.3 Å². The number of hydrogen-bond donors (Lipinski definition) is 0. The molecule has 4 rings (SSSR count). The molecule has 0 unspecified atom stereocenters. The van der Waals surface area contributed by atoms with Gasteiger partial charge in [-0.25, -0.2) is 9.67 Å². The van der Waals surface area contributed by atoms with Gasteiger partial charge >= 0.3 is 0 Å². The van der Waals surface area contributed by atoms with E-state index >= 15 is 0 Å². The molecule has 1 aliphatic heterocycles. The Kier molecular flexibility index (Phi) is 5.42. The molecule has 5 nitrogen and oxygen atoms in total. The first kappa shape index (κ1) is 19.7. The number of benzene rings is 2. The fourth-order valence-electron chi connectivity index (χ4n) is 3.18. The van der Waals surface area contributed by atoms with Crippen LogP contribution in [0.5, 0.6) is 0 Å². The molecule has 1 saturated heterocycles. The lowest BCUT2D eigenvalue weighted by Gasteiger charge is -2.16. The topological polar surface area (TPSA) is 60.3 Å². The summed E-state index contributed by atoms with van der Waals surface area (Å²) in [5.41, 5.74) is 1.01. The summed E-state index contributed by atoms with van der Waals surface area (Å²) in [5, 5.41) is 5.77. The third kappa shape index (κ3) is 3.55. The van der Waals surface area contributed by atoms with Crippen molar-refractivity contribution >= 4 is 51.7 Å². The Labute approximate surface area is 180 Å². The van der Waals surface area contributed by atoms with Crippen molar-refractivity contribution in [2.75, 3.05) is 0 Å². The molecule has 0 bridgehead atoms. The zero-order valence-corrected chi connectivity index (χ0v) is 17.7. The summed E-state index contributed by atoms with van der Waals surface area (Å²) in [6.07, 6.45) is 1.09. The summed E-state index contributed by atoms with van der Waals surface area (Å²) in [6.45, 7) is 1.86. The highest BCUT2D eigenvalue weighted by molar-refractivity contribution is 8.13. The predicted molar refractivity (Wildman–Crippen MR) is 110 cm³/mol. The third-order valence-electron chi connectivity index (χ3n) is 4.50. The number of carbonyl (C=O) groups is 1. The molecule has 1 aromatic heterocycles. The fraction of sp³-hybridized carbons (Fsp3) is 0.211. The van der Waals surface area contributed by atoms with Gasteiger partial charge in [-0.1, -0.05) is 71.2 Å². The molecule has 2 heterocycles. The highest BCUT2D eigenvalue weighted by Crippen LogP contribution is 2.60. The quantitative estimate of drug-likeness (QED) is 0.287. The molecule has 3 aromatic rings. The van der Waals surface area contributed by atoms with Gasteiger partial charge in [-0.05, 0) is 23.4 Å². The van der Waals surface area contributed by atoms with Crippen LogP contribution in [0.25, 0.3) is 0 Å². The van der Waals surface area contributed by atoms with E-state index in [0.29, 0.717) is 26.8 Å². The van der Waals surface area contributed by atoms with Gasteiger partial charge in [0.05, 0.1) is 21.6 Å². The monoisotopic (exact) mass is 453 g/mol. The number of hydrogen-bond acceptors (Lipinski definition) is 5. The Morgan fingerprint density at radius 3 is 2.64 bits per heavy atom. The van der Waals surface area contributed by atoms with Gasteiger partial charge in [0, 0.05) is 12.5 Å². The van der Waals surface area contributed by atoms with Crippen molar-refractivity contribution in [2.24, 2.45) is 0 Å². The van der Waals surface area contributed by atoms with E-state index in [-0.39, 0.29) is 11.2 Å². The van der Waals surface area contributed by atoms with Gasteiger partial charge < -0.3 is 4.74 Å². The van der Waals surface area contributed by atoms with E-state index < -0.39 is 5.60 Å². The van der Waals surface area contributed by atoms with Gasteiger partial charge in [0.1, 0.15) is 18.0 Å². The van der Waals surface area contributed by atoms with Crippen molar-refractivity contribution in [3.8, 4) is 0 Å². The molecule has 9 heteroatoms. The minimum atomic E-state index is -0.706. The molecule has 0 aliphatic carbocycles. The zero-order valence-electron chi connectivity index (χ0n) is 14.6. The van der Waals surface area contributed by atoms with Crippen LogP contribution in [-0.4, -0.2) is 19.9 Å². The van der Waals surface area contributed by atoms with Gasteiger partial charge in [0.2, 0.25) is 0 Å². The van der Waals surface area contributed by atoms with Gasteiger partial charge in [-0.2, -0.15) is 5.10 Å². The summed E-state index contributed by atoms with van der Waals surface area (Å²) in [4.78, 5) is 15.7. The van der Waals surface area contributed by atoms with Gasteiger partial charge in [-0.15, -0.1) is 0 Å². The second-order valence-corrected chi connectivity index (χ2v) is 8.62. The number of aromatic nitrogens is 3. The predicted octanol–water partition coefficient (Wildman–Crippen LogP) is 5.54. The lowest BCUT2D eigenvalue weighted by molar-refractivity contribution is -0.109. The first-order valence-electron chi connectivity index (χ1n) is 8.35. The SMILES string of the molecule is CC(=O)Sc1ncnn1C[C@]1(c2ccccc2)O[C@@H]1c1ccc(Cl)c(Cl)c1Cl. The summed E-state index contributed by atoms with van der Waals surface area (Å²) in [5.74, 6) is 0. The van der Waals surface area contributed by atoms with Gasteiger partial charge in [0.15, 0.2) is 10.3 Å². The van der Waals surface area contributed by atoms with E-state index in [1.54, 1.807) is 10.7 Å². The van der Waals surface area contributed by atoms with Crippen LogP contribution >= 0.6 is 46.6 Å². The first-order chi connectivity index (χ1) is 13.4. The molecular weight excluding hydrogens is 441 g/mol. The molecule has 2 aromatic carbocycles. The zero-order chi connectivity index (χ0) is 19.9. The number of thioether (sulfide) groups is 1. The molecule has 2 atom stereocenters. The Morgan fingerprint density at radius 1 is 1.18 bits per heavy atom. The maximum absolute atomic E-state index is 11.5. The molecule has 1 fully saturated rings. The summed E-state index contributed by atoms with van der Waals surface area (Å²) in [7, 11) is 0. The van der Waals surface area contributed by atoms with Crippen molar-refractivity contribution < 1.29 is 9.53 Å². The van der Waals surface area contributed by atoms with Crippen LogP contribution in [0, 0.1) is 0 Å². The van der Waals surface area contributed by atoms with E-state index in [0.717, 1.165) is 22.9 Å². The van der Waals surface area contributed by atoms with E-state index in [4.69, 9.17) is 39.5 Å². The van der Waals surface area contributed by atoms with E-state index in [1.807, 2.05) is 36.4 Å². The highest BCUT2D eigenvalue weighted by Gasteiger charge is 2.60. The van der Waals surface area contributed by atoms with Crippen LogP contribution in [0.2, 0.25) is 15.1 Å². The second-order valence-electron chi connectivity index (χ2n) is 6.31. The van der Waals surface area contributed by atoms with Crippen LogP contribution in [0.1, 0.15) is 24.2 Å². The molecule has 1 aliphatic rings. The van der Waals surface area contributed by atoms with Crippen LogP contribution < -0.4 is 0 Å². The number of rotatable bonds is 5. The number of nitrogens with zero attached hydrogens (tertiary/aromatic N) is 3. The fourth-order valence-corrected chi connectivity index (χ4v) is 4.39. The number of carbonyl (C=O) groups excluding carboxylic acids is 1. The maximum Gasteiger partial charge on any atom is 0.193 e. The minimum Gasteiger partial charge on any atom is -0.354 e. The van der Waals surface area contributed by atoms with Crippen molar-refractivity contribution in [1.29, 1.82) is 0 Å². The normalized spacial score (nSPS) is 20.9. The first-order valence-corrected chi connectivity index (χ1v) is 10.3. The Bertz CT molecular complexity index is 1040. The molecule has 28 heavy (non-hydrogen) atoms. The average molecular weight is 455 g/mol. The summed E-state index contributed by atoms with van der Waals surface area (Å²) in [6, 6.07) is 13.3. The van der Waals surface area contributed by atoms with Crippen LogP contribution in [0.3, 0.4) is 0 Å². The van der Waals surface area contributed by atoms with Crippen LogP contribution in [0.15, 0.2) is 53.9 Å². The second kappa shape index (κ2) is 7.69. The van der Waals surface area contributed by atoms with Crippen molar-refractivity contribution in [3.63, 3.8) is 0 Å². The lowest BCUT2D eigenvalue weighted by Crippen LogP contribution is -2.20. The van der Waals surface area contributed by atoms with E-state index in [9.17, 15) is 4.79 Å². The van der Waals surface area contributed by atoms with Gasteiger partial charge in [0.25, 0.3) is 0 Å². The Hall–Kier alpha value is -1.57. The molecule has 0 amide bonds. The Balaban J connectivity index is 1.74. The maximum atomic E-state index is 11.5. The van der Waals surface area contributed by atoms with E-state index in [2.05, 4.69) is 10.1 Å². The van der Waals surface area contributed by atoms with Crippen molar-refractivity contribution in [2.45, 2.75) is 30.3 Å². The van der Waals surface area contributed by atoms with Crippen molar-refractivity contribution in [1.82, 2.24) is 14.8 Å². The average Bonchev–Trinajstić information content (AvgIpc) is 3.24. The number of epoxide rings is 1. The van der Waals surface area contributed by atoms with Crippen molar-refractivity contribution in [3.05, 3.63) is 75.0 Å². The highest BCUT2D eigenvalue weighted by atomic mass is 35.5. The largest absolute Gasteiger partial charge is 0.354 e. The standard InChI is InChI=1S/C19H14Cl3N3O2S/c1-11(26)28-18-23-10-24-25(18)9-19(12-5-3-2-4-6-12)17(27-19)13-7-8-14(20)16(22)15(13)21/h2-8,10,17H,9H2,1H3/t17-,19-/m1/s1. The lowest BCUT2D eigenvalue weighted by atomic mass is 9.91. The molecule has 144 valence electrons. The minimum absolute atomic E-state index is 0.0659. The smallest absolute Gasteiger partial charge is 0.193 e. The molecule has 0 radical (unpaired) electrons. The number of halogens is 3. The molecule has 0 spiro atoms. The van der Waals surface area contributed by atoms with Crippen LogP contribution in [0.4, 0.5) is 0 Å². The number of ether oxygens (including phenoxy) is 1.